The van der Waals surface area contributed by atoms with E-state index in [1.54, 1.807) is 12.1 Å². The van der Waals surface area contributed by atoms with Crippen molar-refractivity contribution in [3.8, 4) is 0 Å². The maximum atomic E-state index is 12.1. The highest BCUT2D eigenvalue weighted by atomic mass is 16.2. The maximum absolute atomic E-state index is 12.1. The highest BCUT2D eigenvalue weighted by molar-refractivity contribution is 5.96. The second kappa shape index (κ2) is 6.16. The van der Waals surface area contributed by atoms with Crippen LogP contribution in [0.2, 0.25) is 0 Å². The molecule has 1 aliphatic rings. The Labute approximate surface area is 125 Å². The second-order valence-corrected chi connectivity index (χ2v) is 6.12. The molecule has 114 valence electrons. The van der Waals surface area contributed by atoms with Gasteiger partial charge in [-0.1, -0.05) is 25.8 Å². The first-order valence-corrected chi connectivity index (χ1v) is 7.30. The van der Waals surface area contributed by atoms with Gasteiger partial charge in [-0.2, -0.15) is 0 Å². The van der Waals surface area contributed by atoms with E-state index in [4.69, 9.17) is 0 Å². The van der Waals surface area contributed by atoms with E-state index in [1.807, 2.05) is 38.1 Å². The molecule has 0 heterocycles. The fourth-order valence-electron chi connectivity index (χ4n) is 2.64. The van der Waals surface area contributed by atoms with Crippen LogP contribution in [-0.4, -0.2) is 25.9 Å². The fourth-order valence-corrected chi connectivity index (χ4v) is 2.64. The molecule has 0 aliphatic heterocycles. The summed E-state index contributed by atoms with van der Waals surface area (Å²) in [5, 5.41) is 0. The Bertz CT molecular complexity index is 534. The van der Waals surface area contributed by atoms with Gasteiger partial charge in [-0.25, -0.2) is 0 Å². The Morgan fingerprint density at radius 2 is 1.81 bits per heavy atom. The average Bonchev–Trinajstić information content (AvgIpc) is 2.92. The first-order chi connectivity index (χ1) is 9.92. The van der Waals surface area contributed by atoms with Crippen molar-refractivity contribution in [1.82, 2.24) is 10.9 Å². The molecule has 1 fully saturated rings. The van der Waals surface area contributed by atoms with Crippen LogP contribution in [0.15, 0.2) is 24.3 Å². The summed E-state index contributed by atoms with van der Waals surface area (Å²) in [6.07, 6.45) is 3.90. The molecule has 0 saturated heterocycles. The Morgan fingerprint density at radius 3 is 2.43 bits per heavy atom. The van der Waals surface area contributed by atoms with E-state index in [0.29, 0.717) is 5.56 Å². The predicted octanol–water partition coefficient (Wildman–Crippen LogP) is 2.09. The Kier molecular flexibility index (Phi) is 4.50. The maximum Gasteiger partial charge on any atom is 0.269 e. The van der Waals surface area contributed by atoms with Crippen LogP contribution in [0.3, 0.4) is 0 Å². The molecule has 1 aliphatic carbocycles. The van der Waals surface area contributed by atoms with E-state index in [0.717, 1.165) is 31.4 Å². The summed E-state index contributed by atoms with van der Waals surface area (Å²) in [5.41, 5.74) is 6.19. The number of carbonyl (C=O) groups is 2. The van der Waals surface area contributed by atoms with E-state index in [2.05, 4.69) is 10.9 Å². The normalized spacial score (nSPS) is 16.3. The molecule has 0 radical (unpaired) electrons. The minimum atomic E-state index is -0.348. The van der Waals surface area contributed by atoms with E-state index in [-0.39, 0.29) is 17.2 Å². The second-order valence-electron chi connectivity index (χ2n) is 6.12. The molecule has 1 aromatic carbocycles. The third-order valence-electron chi connectivity index (χ3n) is 4.17. The molecule has 0 atom stereocenters. The molecule has 0 unspecified atom stereocenters. The van der Waals surface area contributed by atoms with Crippen molar-refractivity contribution in [2.45, 2.75) is 32.6 Å². The highest BCUT2D eigenvalue weighted by Crippen LogP contribution is 2.37. The zero-order valence-electron chi connectivity index (χ0n) is 12.9. The molecule has 0 spiro atoms. The van der Waals surface area contributed by atoms with Crippen LogP contribution in [-0.2, 0) is 4.79 Å². The molecule has 5 heteroatoms. The summed E-state index contributed by atoms with van der Waals surface area (Å²) in [6.45, 7) is 1.95. The molecule has 0 bridgehead atoms. The van der Waals surface area contributed by atoms with Crippen molar-refractivity contribution in [2.24, 2.45) is 5.41 Å². The first kappa shape index (κ1) is 15.4. The van der Waals surface area contributed by atoms with Gasteiger partial charge in [-0.05, 0) is 31.0 Å². The van der Waals surface area contributed by atoms with Crippen molar-refractivity contribution in [3.05, 3.63) is 29.8 Å². The average molecular weight is 289 g/mol. The van der Waals surface area contributed by atoms with Gasteiger partial charge in [0, 0.05) is 30.8 Å². The molecule has 21 heavy (non-hydrogen) atoms. The van der Waals surface area contributed by atoms with E-state index < -0.39 is 0 Å². The summed E-state index contributed by atoms with van der Waals surface area (Å²) in [4.78, 5) is 26.2. The number of benzene rings is 1. The first-order valence-electron chi connectivity index (χ1n) is 7.30. The van der Waals surface area contributed by atoms with E-state index in [9.17, 15) is 9.59 Å². The van der Waals surface area contributed by atoms with Crippen molar-refractivity contribution in [1.29, 1.82) is 0 Å². The number of nitrogens with one attached hydrogen (secondary N) is 2. The lowest BCUT2D eigenvalue weighted by molar-refractivity contribution is -0.130. The number of carbonyl (C=O) groups excluding carboxylic acids is 2. The number of amides is 2. The lowest BCUT2D eigenvalue weighted by Crippen LogP contribution is -2.47. The van der Waals surface area contributed by atoms with Gasteiger partial charge in [0.05, 0.1) is 0 Å². The van der Waals surface area contributed by atoms with Gasteiger partial charge in [-0.15, -0.1) is 0 Å². The number of nitrogens with zero attached hydrogens (tertiary/aromatic N) is 1. The van der Waals surface area contributed by atoms with Gasteiger partial charge in [0.2, 0.25) is 5.91 Å². The van der Waals surface area contributed by atoms with Crippen molar-refractivity contribution in [2.75, 3.05) is 19.0 Å². The Balaban J connectivity index is 1.95. The number of rotatable bonds is 3. The minimum absolute atomic E-state index is 0.0999. The fraction of sp³-hybridized carbons (Fsp3) is 0.500. The summed E-state index contributed by atoms with van der Waals surface area (Å²) >= 11 is 0. The lowest BCUT2D eigenvalue weighted by atomic mass is 9.88. The van der Waals surface area contributed by atoms with Gasteiger partial charge in [-0.3, -0.25) is 20.4 Å². The molecule has 2 amide bonds. The smallest absolute Gasteiger partial charge is 0.269 e. The quantitative estimate of drug-likeness (QED) is 0.838. The Hall–Kier alpha value is -2.04. The van der Waals surface area contributed by atoms with Crippen LogP contribution >= 0.6 is 0 Å². The van der Waals surface area contributed by atoms with E-state index in [1.165, 1.54) is 0 Å². The minimum Gasteiger partial charge on any atom is -0.378 e. The topological polar surface area (TPSA) is 61.4 Å². The zero-order chi connectivity index (χ0) is 15.5. The molecule has 1 aromatic rings. The van der Waals surface area contributed by atoms with Crippen LogP contribution in [0, 0.1) is 5.41 Å². The summed E-state index contributed by atoms with van der Waals surface area (Å²) in [7, 11) is 3.83. The zero-order valence-corrected chi connectivity index (χ0v) is 12.9. The SMILES string of the molecule is CN(C)c1cccc(C(=O)NNC(=O)C2(C)CCCC2)c1. The molecule has 2 rings (SSSR count). The molecular formula is C16H23N3O2. The van der Waals surface area contributed by atoms with Gasteiger partial charge >= 0.3 is 0 Å². The third-order valence-corrected chi connectivity index (χ3v) is 4.17. The van der Waals surface area contributed by atoms with E-state index >= 15 is 0 Å². The number of hydrazine groups is 1. The molecule has 1 saturated carbocycles. The molecular weight excluding hydrogens is 266 g/mol. The van der Waals surface area contributed by atoms with Crippen molar-refractivity contribution >= 4 is 17.5 Å². The predicted molar refractivity (Wildman–Crippen MR) is 83.0 cm³/mol. The van der Waals surface area contributed by atoms with Gasteiger partial charge in [0.25, 0.3) is 5.91 Å². The summed E-state index contributed by atoms with van der Waals surface area (Å²) < 4.78 is 0. The third kappa shape index (κ3) is 3.54. The molecule has 2 N–H and O–H groups in total. The Morgan fingerprint density at radius 1 is 1.14 bits per heavy atom. The number of anilines is 1. The summed E-state index contributed by atoms with van der Waals surface area (Å²) in [6, 6.07) is 7.27. The van der Waals surface area contributed by atoms with Gasteiger partial charge in [0.1, 0.15) is 0 Å². The monoisotopic (exact) mass is 289 g/mol. The van der Waals surface area contributed by atoms with Crippen LogP contribution in [0.4, 0.5) is 5.69 Å². The van der Waals surface area contributed by atoms with Gasteiger partial charge in [0.15, 0.2) is 0 Å². The van der Waals surface area contributed by atoms with Crippen LogP contribution in [0.1, 0.15) is 43.0 Å². The summed E-state index contributed by atoms with van der Waals surface area (Å²) in [5.74, 6) is -0.397. The molecule has 0 aromatic heterocycles. The van der Waals surface area contributed by atoms with Crippen molar-refractivity contribution in [3.63, 3.8) is 0 Å². The molecule has 5 nitrogen and oxygen atoms in total. The number of hydrogen-bond acceptors (Lipinski definition) is 3. The number of hydrogen-bond donors (Lipinski definition) is 2. The van der Waals surface area contributed by atoms with Crippen LogP contribution < -0.4 is 15.8 Å². The highest BCUT2D eigenvalue weighted by Gasteiger charge is 2.36. The largest absolute Gasteiger partial charge is 0.378 e. The van der Waals surface area contributed by atoms with Crippen LogP contribution in [0.25, 0.3) is 0 Å². The lowest BCUT2D eigenvalue weighted by Gasteiger charge is -2.22. The standard InChI is InChI=1S/C16H23N3O2/c1-16(9-4-5-10-16)15(21)18-17-14(20)12-7-6-8-13(11-12)19(2)3/h6-8,11H,4-5,9-10H2,1-3H3,(H,17,20)(H,18,21). The van der Waals surface area contributed by atoms with Crippen LogP contribution in [0.5, 0.6) is 0 Å². The van der Waals surface area contributed by atoms with Crippen molar-refractivity contribution < 1.29 is 9.59 Å². The van der Waals surface area contributed by atoms with Gasteiger partial charge < -0.3 is 4.90 Å².